The van der Waals surface area contributed by atoms with Crippen LogP contribution in [0.2, 0.25) is 0 Å². The van der Waals surface area contributed by atoms with Crippen molar-refractivity contribution in [2.45, 2.75) is 17.5 Å². The third-order valence-electron chi connectivity index (χ3n) is 2.15. The predicted octanol–water partition coefficient (Wildman–Crippen LogP) is 4.40. The molecule has 6 heteroatoms. The standard InChI is InChI=1S/C11H10BrF3OS/c1-17-10-7(9(16)5-6-12)3-2-4-8(10)11(13,14)15/h2-4H,5-6H2,1H3. The first kappa shape index (κ1) is 14.6. The molecule has 0 radical (unpaired) electrons. The number of alkyl halides is 4. The maximum atomic E-state index is 12.7. The second kappa shape index (κ2) is 5.91. The van der Waals surface area contributed by atoms with Gasteiger partial charge >= 0.3 is 6.18 Å². The molecule has 0 aliphatic rings. The van der Waals surface area contributed by atoms with Gasteiger partial charge in [0.1, 0.15) is 0 Å². The van der Waals surface area contributed by atoms with Crippen LogP contribution < -0.4 is 0 Å². The van der Waals surface area contributed by atoms with Crippen LogP contribution in [0.25, 0.3) is 0 Å². The van der Waals surface area contributed by atoms with Crippen molar-refractivity contribution < 1.29 is 18.0 Å². The second-order valence-corrected chi connectivity index (χ2v) is 4.86. The Balaban J connectivity index is 3.29. The molecule has 0 atom stereocenters. The van der Waals surface area contributed by atoms with Crippen LogP contribution in [0.4, 0.5) is 13.2 Å². The average molecular weight is 327 g/mol. The molecule has 0 bridgehead atoms. The van der Waals surface area contributed by atoms with Crippen LogP contribution in [-0.4, -0.2) is 17.4 Å². The highest BCUT2D eigenvalue weighted by molar-refractivity contribution is 9.09. The van der Waals surface area contributed by atoms with E-state index in [0.717, 1.165) is 17.8 Å². The van der Waals surface area contributed by atoms with E-state index >= 15 is 0 Å². The number of carbonyl (C=O) groups excluding carboxylic acids is 1. The molecule has 1 nitrogen and oxygen atoms in total. The van der Waals surface area contributed by atoms with Gasteiger partial charge < -0.3 is 0 Å². The fourth-order valence-electron chi connectivity index (χ4n) is 1.42. The summed E-state index contributed by atoms with van der Waals surface area (Å²) in [4.78, 5) is 11.7. The largest absolute Gasteiger partial charge is 0.417 e. The number of hydrogen-bond donors (Lipinski definition) is 0. The van der Waals surface area contributed by atoms with Crippen LogP contribution in [0.5, 0.6) is 0 Å². The minimum absolute atomic E-state index is 0.00551. The lowest BCUT2D eigenvalue weighted by Gasteiger charge is -2.14. The Bertz CT molecular complexity index is 418. The van der Waals surface area contributed by atoms with E-state index in [-0.39, 0.29) is 22.7 Å². The lowest BCUT2D eigenvalue weighted by atomic mass is 10.1. The maximum Gasteiger partial charge on any atom is 0.417 e. The summed E-state index contributed by atoms with van der Waals surface area (Å²) in [6.45, 7) is 0. The molecular weight excluding hydrogens is 317 g/mol. The van der Waals surface area contributed by atoms with Crippen LogP contribution in [0.3, 0.4) is 0 Å². The van der Waals surface area contributed by atoms with Gasteiger partial charge in [0.05, 0.1) is 5.56 Å². The van der Waals surface area contributed by atoms with Gasteiger partial charge in [-0.25, -0.2) is 0 Å². The molecule has 0 spiro atoms. The summed E-state index contributed by atoms with van der Waals surface area (Å²) in [5, 5.41) is 0.440. The molecule has 0 aliphatic carbocycles. The number of thioether (sulfide) groups is 1. The number of carbonyl (C=O) groups is 1. The Labute approximate surface area is 110 Å². The van der Waals surface area contributed by atoms with Crippen LogP contribution in [0.15, 0.2) is 23.1 Å². The summed E-state index contributed by atoms with van der Waals surface area (Å²) in [7, 11) is 0. The Morgan fingerprint density at radius 3 is 2.53 bits per heavy atom. The van der Waals surface area contributed by atoms with Crippen molar-refractivity contribution in [3.8, 4) is 0 Å². The highest BCUT2D eigenvalue weighted by Crippen LogP contribution is 2.38. The molecule has 0 aromatic heterocycles. The third-order valence-corrected chi connectivity index (χ3v) is 3.39. The summed E-state index contributed by atoms with van der Waals surface area (Å²) < 4.78 is 38.2. The fourth-order valence-corrected chi connectivity index (χ4v) is 2.59. The molecule has 1 aromatic carbocycles. The smallest absolute Gasteiger partial charge is 0.294 e. The molecule has 0 heterocycles. The maximum absolute atomic E-state index is 12.7. The Morgan fingerprint density at radius 1 is 1.41 bits per heavy atom. The van der Waals surface area contributed by atoms with Gasteiger partial charge in [-0.05, 0) is 12.3 Å². The Morgan fingerprint density at radius 2 is 2.06 bits per heavy atom. The van der Waals surface area contributed by atoms with Crippen molar-refractivity contribution in [2.75, 3.05) is 11.6 Å². The van der Waals surface area contributed by atoms with Gasteiger partial charge in [0.25, 0.3) is 0 Å². The van der Waals surface area contributed by atoms with Crippen molar-refractivity contribution in [3.05, 3.63) is 29.3 Å². The van der Waals surface area contributed by atoms with E-state index in [2.05, 4.69) is 15.9 Å². The molecule has 0 amide bonds. The Hall–Kier alpha value is -0.490. The van der Waals surface area contributed by atoms with Gasteiger partial charge in [-0.1, -0.05) is 28.1 Å². The van der Waals surface area contributed by atoms with E-state index in [1.54, 1.807) is 0 Å². The van der Waals surface area contributed by atoms with E-state index in [9.17, 15) is 18.0 Å². The van der Waals surface area contributed by atoms with Crippen LogP contribution >= 0.6 is 27.7 Å². The van der Waals surface area contributed by atoms with Crippen molar-refractivity contribution in [1.29, 1.82) is 0 Å². The van der Waals surface area contributed by atoms with E-state index in [1.165, 1.54) is 18.4 Å². The van der Waals surface area contributed by atoms with Gasteiger partial charge in [0, 0.05) is 22.2 Å². The summed E-state index contributed by atoms with van der Waals surface area (Å²) in [6, 6.07) is 3.70. The molecule has 17 heavy (non-hydrogen) atoms. The molecule has 0 fully saturated rings. The number of benzene rings is 1. The predicted molar refractivity (Wildman–Crippen MR) is 66.0 cm³/mol. The summed E-state index contributed by atoms with van der Waals surface area (Å²) in [5.41, 5.74) is -0.600. The molecule has 0 unspecified atom stereocenters. The van der Waals surface area contributed by atoms with Crippen LogP contribution in [0.1, 0.15) is 22.3 Å². The van der Waals surface area contributed by atoms with Gasteiger partial charge in [-0.3, -0.25) is 4.79 Å². The molecular formula is C11H10BrF3OS. The molecule has 1 rings (SSSR count). The lowest BCUT2D eigenvalue weighted by molar-refractivity contribution is -0.139. The first-order valence-corrected chi connectivity index (χ1v) is 7.09. The quantitative estimate of drug-likeness (QED) is 0.463. The normalized spacial score (nSPS) is 11.6. The molecule has 1 aromatic rings. The monoisotopic (exact) mass is 326 g/mol. The zero-order valence-corrected chi connectivity index (χ0v) is 11.4. The number of ketones is 1. The third kappa shape index (κ3) is 3.48. The molecule has 0 N–H and O–H groups in total. The number of rotatable bonds is 4. The van der Waals surface area contributed by atoms with E-state index < -0.39 is 11.7 Å². The second-order valence-electron chi connectivity index (χ2n) is 3.25. The van der Waals surface area contributed by atoms with Crippen molar-refractivity contribution in [3.63, 3.8) is 0 Å². The van der Waals surface area contributed by atoms with Gasteiger partial charge in [0.15, 0.2) is 5.78 Å². The Kier molecular flexibility index (Phi) is 5.06. The van der Waals surface area contributed by atoms with Gasteiger partial charge in [-0.2, -0.15) is 13.2 Å². The number of halogens is 4. The number of hydrogen-bond acceptors (Lipinski definition) is 2. The zero-order chi connectivity index (χ0) is 13.1. The lowest BCUT2D eigenvalue weighted by Crippen LogP contribution is -2.11. The summed E-state index contributed by atoms with van der Waals surface area (Å²) in [5.74, 6) is -0.280. The van der Waals surface area contributed by atoms with Crippen LogP contribution in [0, 0.1) is 0 Å². The first-order chi connectivity index (χ1) is 7.91. The van der Waals surface area contributed by atoms with Crippen molar-refractivity contribution in [1.82, 2.24) is 0 Å². The highest BCUT2D eigenvalue weighted by atomic mass is 79.9. The summed E-state index contributed by atoms with van der Waals surface area (Å²) in [6.07, 6.45) is -2.70. The van der Waals surface area contributed by atoms with Gasteiger partial charge in [0.2, 0.25) is 0 Å². The van der Waals surface area contributed by atoms with Crippen molar-refractivity contribution >= 4 is 33.5 Å². The zero-order valence-electron chi connectivity index (χ0n) is 8.97. The molecule has 94 valence electrons. The van der Waals surface area contributed by atoms with E-state index in [1.807, 2.05) is 0 Å². The van der Waals surface area contributed by atoms with Gasteiger partial charge in [-0.15, -0.1) is 11.8 Å². The topological polar surface area (TPSA) is 17.1 Å². The number of Topliss-reactive ketones (excluding diaryl/α,β-unsaturated/α-hetero) is 1. The van der Waals surface area contributed by atoms with Crippen LogP contribution in [-0.2, 0) is 6.18 Å². The average Bonchev–Trinajstić information content (AvgIpc) is 2.27. The van der Waals surface area contributed by atoms with E-state index in [4.69, 9.17) is 0 Å². The molecule has 0 saturated heterocycles. The van der Waals surface area contributed by atoms with Crippen molar-refractivity contribution in [2.24, 2.45) is 0 Å². The van der Waals surface area contributed by atoms with E-state index in [0.29, 0.717) is 5.33 Å². The fraction of sp³-hybridized carbons (Fsp3) is 0.364. The molecule has 0 aliphatic heterocycles. The minimum Gasteiger partial charge on any atom is -0.294 e. The minimum atomic E-state index is -4.43. The first-order valence-electron chi connectivity index (χ1n) is 4.75. The SMILES string of the molecule is CSc1c(C(=O)CCBr)cccc1C(F)(F)F. The highest BCUT2D eigenvalue weighted by Gasteiger charge is 2.34. The summed E-state index contributed by atoms with van der Waals surface area (Å²) >= 11 is 4.05. The molecule has 0 saturated carbocycles.